The topological polar surface area (TPSA) is 121 Å². The Morgan fingerprint density at radius 3 is 2.74 bits per heavy atom. The van der Waals surface area contributed by atoms with Crippen molar-refractivity contribution >= 4 is 23.1 Å². The molecule has 9 heteroatoms. The molecule has 0 spiro atoms. The summed E-state index contributed by atoms with van der Waals surface area (Å²) in [5.41, 5.74) is 9.38. The number of benzene rings is 2. The summed E-state index contributed by atoms with van der Waals surface area (Å²) in [6.07, 6.45) is 1.77. The number of hydrogen-bond donors (Lipinski definition) is 2. The van der Waals surface area contributed by atoms with Crippen molar-refractivity contribution in [3.63, 3.8) is 0 Å². The number of methoxy groups -OCH3 is 1. The maximum absolute atomic E-state index is 13.3. The molecule has 2 aromatic heterocycles. The van der Waals surface area contributed by atoms with E-state index in [9.17, 15) is 9.59 Å². The smallest absolute Gasteiger partial charge is 0.310 e. The molecule has 0 aliphatic carbocycles. The first kappa shape index (κ1) is 23.1. The van der Waals surface area contributed by atoms with Crippen LogP contribution in [0.4, 0.5) is 5.69 Å². The van der Waals surface area contributed by atoms with Gasteiger partial charge in [-0.2, -0.15) is 0 Å². The predicted molar refractivity (Wildman–Crippen MR) is 127 cm³/mol. The van der Waals surface area contributed by atoms with Gasteiger partial charge in [-0.1, -0.05) is 36.4 Å². The third-order valence-electron chi connectivity index (χ3n) is 5.18. The third kappa shape index (κ3) is 5.28. The molecule has 4 aromatic rings. The van der Waals surface area contributed by atoms with E-state index in [0.29, 0.717) is 35.7 Å². The van der Waals surface area contributed by atoms with Crippen molar-refractivity contribution in [2.24, 2.45) is 5.73 Å². The number of aromatic nitrogens is 3. The Morgan fingerprint density at radius 1 is 1.06 bits per heavy atom. The standard InChI is InChI=1S/C25H25N5O4/c1-33-12-13-34-22(31)15-18-7-2-3-9-20(18)27-25(32)23-21-10-5-11-30(21)29-24(28-23)19-8-4-6-17(14-19)16-26/h2-11,14H,12-13,15-16,26H2,1H3,(H,27,32). The lowest BCUT2D eigenvalue weighted by molar-refractivity contribution is -0.144. The van der Waals surface area contributed by atoms with Gasteiger partial charge in [-0.15, -0.1) is 5.10 Å². The zero-order valence-corrected chi connectivity index (χ0v) is 18.7. The first-order valence-electron chi connectivity index (χ1n) is 10.8. The van der Waals surface area contributed by atoms with Crippen LogP contribution in [-0.4, -0.2) is 46.8 Å². The Bertz CT molecular complexity index is 1320. The van der Waals surface area contributed by atoms with E-state index in [1.807, 2.05) is 24.3 Å². The van der Waals surface area contributed by atoms with Gasteiger partial charge < -0.3 is 20.5 Å². The van der Waals surface area contributed by atoms with E-state index < -0.39 is 11.9 Å². The lowest BCUT2D eigenvalue weighted by Gasteiger charge is -2.12. The average Bonchev–Trinajstić information content (AvgIpc) is 3.33. The van der Waals surface area contributed by atoms with Crippen molar-refractivity contribution in [3.8, 4) is 11.4 Å². The molecule has 2 aromatic carbocycles. The van der Waals surface area contributed by atoms with Crippen LogP contribution in [0.2, 0.25) is 0 Å². The summed E-state index contributed by atoms with van der Waals surface area (Å²) in [7, 11) is 1.54. The molecular weight excluding hydrogens is 434 g/mol. The second-order valence-electron chi connectivity index (χ2n) is 7.53. The van der Waals surface area contributed by atoms with E-state index in [1.165, 1.54) is 7.11 Å². The molecular formula is C25H25N5O4. The zero-order valence-electron chi connectivity index (χ0n) is 18.7. The number of fused-ring (bicyclic) bond motifs is 1. The number of amides is 1. The van der Waals surface area contributed by atoms with Crippen LogP contribution < -0.4 is 11.1 Å². The molecule has 0 aliphatic heterocycles. The maximum atomic E-state index is 13.3. The van der Waals surface area contributed by atoms with Crippen molar-refractivity contribution in [1.29, 1.82) is 0 Å². The highest BCUT2D eigenvalue weighted by atomic mass is 16.6. The number of ether oxygens (including phenoxy) is 2. The number of nitrogens with one attached hydrogen (secondary N) is 1. The third-order valence-corrected chi connectivity index (χ3v) is 5.18. The second kappa shape index (κ2) is 10.7. The van der Waals surface area contributed by atoms with Gasteiger partial charge >= 0.3 is 5.97 Å². The summed E-state index contributed by atoms with van der Waals surface area (Å²) in [5.74, 6) is -0.418. The van der Waals surface area contributed by atoms with E-state index in [2.05, 4.69) is 15.4 Å². The molecule has 0 saturated carbocycles. The number of rotatable bonds is 9. The molecule has 0 bridgehead atoms. The Kier molecular flexibility index (Phi) is 7.26. The SMILES string of the molecule is COCCOC(=O)Cc1ccccc1NC(=O)c1nc(-c2cccc(CN)c2)nn2cccc12. The van der Waals surface area contributed by atoms with Gasteiger partial charge in [0, 0.05) is 31.1 Å². The van der Waals surface area contributed by atoms with Crippen molar-refractivity contribution < 1.29 is 19.1 Å². The number of anilines is 1. The van der Waals surface area contributed by atoms with Crippen molar-refractivity contribution in [2.45, 2.75) is 13.0 Å². The Balaban J connectivity index is 1.62. The van der Waals surface area contributed by atoms with Crippen LogP contribution in [0, 0.1) is 0 Å². The molecule has 174 valence electrons. The number of para-hydroxylation sites is 1. The summed E-state index contributed by atoms with van der Waals surface area (Å²) in [6.45, 7) is 0.879. The quantitative estimate of drug-likeness (QED) is 0.292. The van der Waals surface area contributed by atoms with Crippen LogP contribution in [0.5, 0.6) is 0 Å². The highest BCUT2D eigenvalue weighted by Crippen LogP contribution is 2.21. The van der Waals surface area contributed by atoms with Gasteiger partial charge in [-0.05, 0) is 35.4 Å². The number of carbonyl (C=O) groups excluding carboxylic acids is 2. The molecule has 4 rings (SSSR count). The van der Waals surface area contributed by atoms with Crippen LogP contribution in [0.25, 0.3) is 16.9 Å². The lowest BCUT2D eigenvalue weighted by atomic mass is 10.1. The van der Waals surface area contributed by atoms with Gasteiger partial charge in [0.15, 0.2) is 11.5 Å². The molecule has 0 unspecified atom stereocenters. The van der Waals surface area contributed by atoms with Gasteiger partial charge in [-0.3, -0.25) is 9.59 Å². The molecule has 0 radical (unpaired) electrons. The second-order valence-corrected chi connectivity index (χ2v) is 7.53. The lowest BCUT2D eigenvalue weighted by Crippen LogP contribution is -2.19. The van der Waals surface area contributed by atoms with Gasteiger partial charge in [0.25, 0.3) is 5.91 Å². The molecule has 0 aliphatic rings. The molecule has 1 amide bonds. The van der Waals surface area contributed by atoms with Crippen molar-refractivity contribution in [2.75, 3.05) is 25.6 Å². The van der Waals surface area contributed by atoms with E-state index in [1.54, 1.807) is 47.1 Å². The number of esters is 1. The predicted octanol–water partition coefficient (Wildman–Crippen LogP) is 2.84. The summed E-state index contributed by atoms with van der Waals surface area (Å²) in [4.78, 5) is 30.0. The fraction of sp³-hybridized carbons (Fsp3) is 0.200. The number of nitrogens with zero attached hydrogens (tertiary/aromatic N) is 3. The highest BCUT2D eigenvalue weighted by molar-refractivity contribution is 6.08. The molecule has 9 nitrogen and oxygen atoms in total. The first-order chi connectivity index (χ1) is 16.6. The average molecular weight is 460 g/mol. The Hall–Kier alpha value is -4.08. The van der Waals surface area contributed by atoms with Gasteiger partial charge in [0.05, 0.1) is 18.5 Å². The molecule has 0 saturated heterocycles. The first-order valence-corrected chi connectivity index (χ1v) is 10.8. The van der Waals surface area contributed by atoms with Gasteiger partial charge in [0.1, 0.15) is 6.61 Å². The Labute approximate surface area is 196 Å². The van der Waals surface area contributed by atoms with E-state index in [0.717, 1.165) is 11.1 Å². The summed E-state index contributed by atoms with van der Waals surface area (Å²) < 4.78 is 11.7. The van der Waals surface area contributed by atoms with Gasteiger partial charge in [0.2, 0.25) is 0 Å². The maximum Gasteiger partial charge on any atom is 0.310 e. The summed E-state index contributed by atoms with van der Waals surface area (Å²) in [5, 5.41) is 7.42. The minimum atomic E-state index is -0.414. The fourth-order valence-corrected chi connectivity index (χ4v) is 3.48. The molecule has 2 heterocycles. The van der Waals surface area contributed by atoms with Crippen LogP contribution in [0.15, 0.2) is 66.9 Å². The normalized spacial score (nSPS) is 10.9. The molecule has 34 heavy (non-hydrogen) atoms. The van der Waals surface area contributed by atoms with Crippen molar-refractivity contribution in [1.82, 2.24) is 14.6 Å². The number of hydrogen-bond acceptors (Lipinski definition) is 7. The van der Waals surface area contributed by atoms with Gasteiger partial charge in [-0.25, -0.2) is 9.50 Å². The van der Waals surface area contributed by atoms with Crippen LogP contribution in [0.3, 0.4) is 0 Å². The van der Waals surface area contributed by atoms with Crippen molar-refractivity contribution in [3.05, 3.63) is 83.7 Å². The van der Waals surface area contributed by atoms with E-state index in [4.69, 9.17) is 15.2 Å². The zero-order chi connectivity index (χ0) is 23.9. The van der Waals surface area contributed by atoms with E-state index >= 15 is 0 Å². The van der Waals surface area contributed by atoms with Crippen LogP contribution >= 0.6 is 0 Å². The number of nitrogens with two attached hydrogens (primary N) is 1. The van der Waals surface area contributed by atoms with Crippen LogP contribution in [0.1, 0.15) is 21.6 Å². The minimum absolute atomic E-state index is 0.0155. The fourth-order valence-electron chi connectivity index (χ4n) is 3.48. The monoisotopic (exact) mass is 459 g/mol. The molecule has 0 atom stereocenters. The largest absolute Gasteiger partial charge is 0.463 e. The van der Waals surface area contributed by atoms with E-state index in [-0.39, 0.29) is 18.7 Å². The summed E-state index contributed by atoms with van der Waals surface area (Å²) >= 11 is 0. The minimum Gasteiger partial charge on any atom is -0.463 e. The Morgan fingerprint density at radius 2 is 1.91 bits per heavy atom. The molecule has 3 N–H and O–H groups in total. The summed E-state index contributed by atoms with van der Waals surface area (Å²) in [6, 6.07) is 18.2. The molecule has 0 fully saturated rings. The highest BCUT2D eigenvalue weighted by Gasteiger charge is 2.18. The van der Waals surface area contributed by atoms with Crippen LogP contribution in [-0.2, 0) is 27.2 Å². The number of carbonyl (C=O) groups is 2.